The first-order chi connectivity index (χ1) is 11.1. The summed E-state index contributed by atoms with van der Waals surface area (Å²) in [5, 5.41) is -0.448. The van der Waals surface area contributed by atoms with Gasteiger partial charge in [0.2, 0.25) is 0 Å². The van der Waals surface area contributed by atoms with E-state index in [4.69, 9.17) is 16.3 Å². The summed E-state index contributed by atoms with van der Waals surface area (Å²) in [4.78, 5) is 0. The van der Waals surface area contributed by atoms with Crippen molar-refractivity contribution in [3.8, 4) is 0 Å². The number of alkyl halides is 2. The van der Waals surface area contributed by atoms with Crippen molar-refractivity contribution in [2.45, 2.75) is 88.8 Å². The van der Waals surface area contributed by atoms with Crippen LogP contribution in [0.25, 0.3) is 0 Å². The van der Waals surface area contributed by atoms with Gasteiger partial charge in [-0.2, -0.15) is 0 Å². The molecule has 0 amide bonds. The fourth-order valence-corrected chi connectivity index (χ4v) is 6.08. The number of rotatable bonds is 3. The number of ether oxygens (including phenoxy) is 1. The molecule has 23 heavy (non-hydrogen) atoms. The zero-order valence-electron chi connectivity index (χ0n) is 14.9. The lowest BCUT2D eigenvalue weighted by Crippen LogP contribution is -2.45. The molecule has 3 aliphatic carbocycles. The molecule has 0 aromatic heterocycles. The summed E-state index contributed by atoms with van der Waals surface area (Å²) in [7, 11) is 1.66. The van der Waals surface area contributed by atoms with Crippen molar-refractivity contribution in [3.63, 3.8) is 0 Å². The molecule has 0 radical (unpaired) electrons. The van der Waals surface area contributed by atoms with E-state index in [0.717, 1.165) is 30.6 Å². The number of hydrogen-bond donors (Lipinski definition) is 0. The third-order valence-electron chi connectivity index (χ3n) is 7.30. The van der Waals surface area contributed by atoms with Crippen LogP contribution in [0.2, 0.25) is 0 Å². The fourth-order valence-electron chi connectivity index (χ4n) is 5.66. The smallest absolute Gasteiger partial charge is 0.122 e. The fraction of sp³-hybridized carbons (Fsp3) is 1.00. The van der Waals surface area contributed by atoms with Crippen molar-refractivity contribution >= 4 is 11.6 Å². The minimum atomic E-state index is -0.882. The molecule has 0 bridgehead atoms. The van der Waals surface area contributed by atoms with E-state index in [0.29, 0.717) is 5.92 Å². The highest BCUT2D eigenvalue weighted by Gasteiger charge is 2.43. The van der Waals surface area contributed by atoms with Gasteiger partial charge in [-0.05, 0) is 81.0 Å². The van der Waals surface area contributed by atoms with Crippen molar-refractivity contribution in [2.75, 3.05) is 7.11 Å². The van der Waals surface area contributed by atoms with Crippen LogP contribution in [0, 0.1) is 29.6 Å². The molecule has 3 aliphatic rings. The molecule has 134 valence electrons. The van der Waals surface area contributed by atoms with Crippen molar-refractivity contribution in [2.24, 2.45) is 29.6 Å². The summed E-state index contributed by atoms with van der Waals surface area (Å²) in [5.41, 5.74) is 0. The van der Waals surface area contributed by atoms with Gasteiger partial charge >= 0.3 is 0 Å². The average molecular weight is 345 g/mol. The summed E-state index contributed by atoms with van der Waals surface area (Å²) in [6.07, 6.45) is 11.7. The van der Waals surface area contributed by atoms with Crippen molar-refractivity contribution in [3.05, 3.63) is 0 Å². The van der Waals surface area contributed by atoms with E-state index in [1.807, 2.05) is 0 Å². The van der Waals surface area contributed by atoms with Crippen LogP contribution < -0.4 is 0 Å². The maximum Gasteiger partial charge on any atom is 0.122 e. The Hall–Kier alpha value is 0.180. The predicted octanol–water partition coefficient (Wildman–Crippen LogP) is 5.99. The predicted molar refractivity (Wildman–Crippen MR) is 94.6 cm³/mol. The van der Waals surface area contributed by atoms with E-state index in [1.54, 1.807) is 7.11 Å². The molecule has 0 heterocycles. The molecule has 4 atom stereocenters. The Kier molecular flexibility index (Phi) is 6.29. The van der Waals surface area contributed by atoms with E-state index in [-0.39, 0.29) is 12.0 Å². The maximum atomic E-state index is 14.7. The van der Waals surface area contributed by atoms with Gasteiger partial charge in [0.05, 0.1) is 11.5 Å². The van der Waals surface area contributed by atoms with E-state index in [1.165, 1.54) is 51.4 Å². The van der Waals surface area contributed by atoms with Gasteiger partial charge in [0, 0.05) is 7.11 Å². The number of methoxy groups -OCH3 is 1. The topological polar surface area (TPSA) is 9.23 Å². The minimum absolute atomic E-state index is 0.0940. The third-order valence-corrected chi connectivity index (χ3v) is 7.83. The van der Waals surface area contributed by atoms with Crippen LogP contribution in [0.5, 0.6) is 0 Å². The largest absolute Gasteiger partial charge is 0.380 e. The van der Waals surface area contributed by atoms with Crippen LogP contribution >= 0.6 is 11.6 Å². The first-order valence-electron chi connectivity index (χ1n) is 9.91. The molecule has 1 nitrogen and oxygen atoms in total. The summed E-state index contributed by atoms with van der Waals surface area (Å²) in [6.45, 7) is 2.40. The average Bonchev–Trinajstić information content (AvgIpc) is 2.58. The van der Waals surface area contributed by atoms with Crippen LogP contribution in [0.4, 0.5) is 4.39 Å². The lowest BCUT2D eigenvalue weighted by atomic mass is 9.65. The van der Waals surface area contributed by atoms with E-state index in [2.05, 4.69) is 6.92 Å². The van der Waals surface area contributed by atoms with Crippen LogP contribution in [0.3, 0.4) is 0 Å². The molecule has 0 saturated heterocycles. The number of halogens is 2. The maximum absolute atomic E-state index is 14.7. The molecule has 0 aromatic rings. The highest BCUT2D eigenvalue weighted by atomic mass is 35.5. The number of hydrogen-bond acceptors (Lipinski definition) is 1. The Labute approximate surface area is 146 Å². The van der Waals surface area contributed by atoms with Gasteiger partial charge in [-0.15, -0.1) is 11.6 Å². The van der Waals surface area contributed by atoms with E-state index < -0.39 is 11.5 Å². The SMILES string of the molecule is COC1CC[C@@H](C2CCC(C3CCC(C)CC3)CC2)C(F)C1Cl. The lowest BCUT2D eigenvalue weighted by Gasteiger charge is -2.43. The molecule has 3 unspecified atom stereocenters. The highest BCUT2D eigenvalue weighted by molar-refractivity contribution is 6.21. The van der Waals surface area contributed by atoms with Crippen LogP contribution in [0.1, 0.15) is 71.1 Å². The zero-order valence-corrected chi connectivity index (χ0v) is 15.6. The zero-order chi connectivity index (χ0) is 16.4. The van der Waals surface area contributed by atoms with Gasteiger partial charge < -0.3 is 4.74 Å². The molecule has 0 aliphatic heterocycles. The summed E-state index contributed by atoms with van der Waals surface area (Å²) in [6, 6.07) is 0. The van der Waals surface area contributed by atoms with E-state index in [9.17, 15) is 4.39 Å². The summed E-state index contributed by atoms with van der Waals surface area (Å²) in [5.74, 6) is 3.54. The van der Waals surface area contributed by atoms with Gasteiger partial charge in [0.25, 0.3) is 0 Å². The lowest BCUT2D eigenvalue weighted by molar-refractivity contribution is -0.00681. The molecule has 3 heteroatoms. The van der Waals surface area contributed by atoms with Gasteiger partial charge in [-0.25, -0.2) is 4.39 Å². The first kappa shape index (κ1) is 18.0. The molecule has 3 saturated carbocycles. The molecule has 0 spiro atoms. The molecule has 0 N–H and O–H groups in total. The Balaban J connectivity index is 1.49. The quantitative estimate of drug-likeness (QED) is 0.571. The van der Waals surface area contributed by atoms with Gasteiger partial charge in [-0.1, -0.05) is 19.8 Å². The Bertz CT molecular complexity index is 361. The Morgan fingerprint density at radius 2 is 1.30 bits per heavy atom. The van der Waals surface area contributed by atoms with Gasteiger partial charge in [0.1, 0.15) is 6.17 Å². The molecule has 3 rings (SSSR count). The van der Waals surface area contributed by atoms with Crippen molar-refractivity contribution in [1.29, 1.82) is 0 Å². The van der Waals surface area contributed by atoms with Crippen LogP contribution in [0.15, 0.2) is 0 Å². The van der Waals surface area contributed by atoms with Crippen LogP contribution in [-0.2, 0) is 4.74 Å². The normalized spacial score (nSPS) is 49.0. The Morgan fingerprint density at radius 3 is 1.87 bits per heavy atom. The second-order valence-corrected chi connectivity index (χ2v) is 9.10. The Morgan fingerprint density at radius 1 is 0.783 bits per heavy atom. The summed E-state index contributed by atoms with van der Waals surface area (Å²) >= 11 is 6.31. The van der Waals surface area contributed by atoms with Crippen molar-refractivity contribution < 1.29 is 9.13 Å². The first-order valence-corrected chi connectivity index (χ1v) is 10.3. The molecule has 3 fully saturated rings. The molecular weight excluding hydrogens is 311 g/mol. The van der Waals surface area contributed by atoms with Gasteiger partial charge in [0.15, 0.2) is 0 Å². The summed E-state index contributed by atoms with van der Waals surface area (Å²) < 4.78 is 20.1. The second kappa shape index (κ2) is 8.04. The standard InChI is InChI=1S/C20H34ClFO/c1-13-3-5-14(6-4-13)15-7-9-16(10-8-15)17-11-12-18(23-2)19(21)20(17)22/h13-20H,3-12H2,1-2H3/t13?,14?,15?,16?,17-,18?,19?,20?/m0/s1. The van der Waals surface area contributed by atoms with E-state index >= 15 is 0 Å². The third kappa shape index (κ3) is 4.06. The van der Waals surface area contributed by atoms with Crippen LogP contribution in [-0.4, -0.2) is 24.8 Å². The van der Waals surface area contributed by atoms with Crippen molar-refractivity contribution in [1.82, 2.24) is 0 Å². The molecule has 0 aromatic carbocycles. The second-order valence-electron chi connectivity index (χ2n) is 8.60. The van der Waals surface area contributed by atoms with Gasteiger partial charge in [-0.3, -0.25) is 0 Å². The monoisotopic (exact) mass is 344 g/mol. The molecular formula is C20H34ClFO. The minimum Gasteiger partial charge on any atom is -0.380 e. The highest BCUT2D eigenvalue weighted by Crippen LogP contribution is 2.46.